The molecule has 0 heterocycles. The van der Waals surface area contributed by atoms with Gasteiger partial charge in [-0.1, -0.05) is 51.1 Å². The maximum absolute atomic E-state index is 12.3. The molecule has 2 atom stereocenters. The van der Waals surface area contributed by atoms with Crippen LogP contribution in [0.15, 0.2) is 30.3 Å². The van der Waals surface area contributed by atoms with E-state index in [0.717, 1.165) is 0 Å². The summed E-state index contributed by atoms with van der Waals surface area (Å²) in [5, 5.41) is 19.8. The zero-order valence-corrected chi connectivity index (χ0v) is 14.1. The predicted molar refractivity (Wildman–Crippen MR) is 89.4 cm³/mol. The lowest BCUT2D eigenvalue weighted by Gasteiger charge is -2.45. The van der Waals surface area contributed by atoms with Crippen LogP contribution in [0.4, 0.5) is 0 Å². The van der Waals surface area contributed by atoms with Gasteiger partial charge in [0.15, 0.2) is 0 Å². The van der Waals surface area contributed by atoms with Gasteiger partial charge in [0.25, 0.3) is 0 Å². The van der Waals surface area contributed by atoms with Crippen molar-refractivity contribution in [1.29, 1.82) is 0 Å². The Kier molecular flexibility index (Phi) is 6.06. The van der Waals surface area contributed by atoms with Crippen LogP contribution in [-0.4, -0.2) is 27.9 Å². The number of aliphatic carboxylic acids is 2. The van der Waals surface area contributed by atoms with Gasteiger partial charge >= 0.3 is 11.9 Å². The summed E-state index contributed by atoms with van der Waals surface area (Å²) in [6.45, 7) is 5.35. The smallest absolute Gasteiger partial charge is 0.315 e. The minimum atomic E-state index is -1.50. The first-order valence-corrected chi connectivity index (χ1v) is 7.95. The summed E-state index contributed by atoms with van der Waals surface area (Å²) in [5.41, 5.74) is -1.73. The lowest BCUT2D eigenvalue weighted by Crippen LogP contribution is -2.55. The first-order valence-electron chi connectivity index (χ1n) is 7.32. The Morgan fingerprint density at radius 3 is 2.05 bits per heavy atom. The van der Waals surface area contributed by atoms with E-state index >= 15 is 0 Å². The highest BCUT2D eigenvalue weighted by atomic mass is 32.1. The molecule has 22 heavy (non-hydrogen) atoms. The Hall–Kier alpha value is -1.49. The number of carbonyl (C=O) groups is 2. The van der Waals surface area contributed by atoms with Crippen molar-refractivity contribution in [2.45, 2.75) is 39.0 Å². The lowest BCUT2D eigenvalue weighted by atomic mass is 9.55. The van der Waals surface area contributed by atoms with E-state index in [1.54, 1.807) is 51.1 Å². The number of hydrogen-bond donors (Lipinski definition) is 3. The fraction of sp³-hybridized carbons (Fsp3) is 0.529. The third-order valence-electron chi connectivity index (χ3n) is 4.22. The van der Waals surface area contributed by atoms with Gasteiger partial charge in [0, 0.05) is 0 Å². The second kappa shape index (κ2) is 7.18. The monoisotopic (exact) mass is 324 g/mol. The normalized spacial score (nSPS) is 15.8. The van der Waals surface area contributed by atoms with Gasteiger partial charge in [-0.15, -0.1) is 0 Å². The minimum absolute atomic E-state index is 0.275. The van der Waals surface area contributed by atoms with E-state index in [1.165, 1.54) is 0 Å². The Morgan fingerprint density at radius 1 is 1.14 bits per heavy atom. The number of benzene rings is 1. The molecule has 1 aromatic carbocycles. The molecule has 0 saturated carbocycles. The fourth-order valence-electron chi connectivity index (χ4n) is 3.27. The van der Waals surface area contributed by atoms with Crippen LogP contribution in [0.1, 0.15) is 39.2 Å². The van der Waals surface area contributed by atoms with Crippen LogP contribution in [0.5, 0.6) is 0 Å². The molecule has 0 bridgehead atoms. The largest absolute Gasteiger partial charge is 0.481 e. The van der Waals surface area contributed by atoms with Crippen molar-refractivity contribution < 1.29 is 19.8 Å². The van der Waals surface area contributed by atoms with E-state index in [1.807, 2.05) is 0 Å². The van der Waals surface area contributed by atoms with Crippen LogP contribution in [0.25, 0.3) is 0 Å². The minimum Gasteiger partial charge on any atom is -0.481 e. The van der Waals surface area contributed by atoms with Crippen LogP contribution >= 0.6 is 12.6 Å². The van der Waals surface area contributed by atoms with Crippen LogP contribution < -0.4 is 0 Å². The molecule has 0 aliphatic carbocycles. The van der Waals surface area contributed by atoms with Crippen molar-refractivity contribution in [2.75, 3.05) is 5.75 Å². The summed E-state index contributed by atoms with van der Waals surface area (Å²) in [4.78, 5) is 24.2. The quantitative estimate of drug-likeness (QED) is 0.671. The summed E-state index contributed by atoms with van der Waals surface area (Å²) in [5.74, 6) is -2.67. The summed E-state index contributed by atoms with van der Waals surface area (Å²) < 4.78 is 0. The van der Waals surface area contributed by atoms with E-state index in [2.05, 4.69) is 12.6 Å². The molecule has 2 N–H and O–H groups in total. The summed E-state index contributed by atoms with van der Waals surface area (Å²) in [7, 11) is 0. The molecule has 122 valence electrons. The average Bonchev–Trinajstić information content (AvgIpc) is 2.42. The zero-order chi connectivity index (χ0) is 17.0. The molecule has 0 aromatic heterocycles. The van der Waals surface area contributed by atoms with Crippen LogP contribution in [0, 0.1) is 11.3 Å². The molecule has 0 aliphatic rings. The number of carboxylic acids is 2. The van der Waals surface area contributed by atoms with E-state index in [0.29, 0.717) is 17.7 Å². The molecule has 0 fully saturated rings. The first kappa shape index (κ1) is 18.6. The highest BCUT2D eigenvalue weighted by molar-refractivity contribution is 7.80. The van der Waals surface area contributed by atoms with E-state index < -0.39 is 28.7 Å². The molecule has 0 radical (unpaired) electrons. The van der Waals surface area contributed by atoms with Crippen molar-refractivity contribution in [3.05, 3.63) is 35.9 Å². The van der Waals surface area contributed by atoms with E-state index in [-0.39, 0.29) is 6.42 Å². The molecule has 0 aliphatic heterocycles. The fourth-order valence-corrected chi connectivity index (χ4v) is 3.45. The van der Waals surface area contributed by atoms with Crippen molar-refractivity contribution in [2.24, 2.45) is 11.3 Å². The van der Waals surface area contributed by atoms with E-state index in [4.69, 9.17) is 0 Å². The molecule has 5 heteroatoms. The molecule has 0 saturated heterocycles. The number of thiol groups is 1. The molecule has 0 amide bonds. The topological polar surface area (TPSA) is 74.6 Å². The third-order valence-corrected chi connectivity index (χ3v) is 4.54. The zero-order valence-electron chi connectivity index (χ0n) is 13.2. The second-order valence-electron chi connectivity index (χ2n) is 6.49. The molecule has 4 nitrogen and oxygen atoms in total. The maximum atomic E-state index is 12.3. The summed E-state index contributed by atoms with van der Waals surface area (Å²) in [6, 6.07) is 8.70. The molecule has 1 rings (SSSR count). The van der Waals surface area contributed by atoms with Gasteiger partial charge in [0.2, 0.25) is 0 Å². The van der Waals surface area contributed by atoms with Crippen molar-refractivity contribution in [1.82, 2.24) is 0 Å². The van der Waals surface area contributed by atoms with Crippen molar-refractivity contribution >= 4 is 24.6 Å². The SMILES string of the molecule is CC(C)(C)C(C(=O)O)(c1ccccc1)C(CCCS)C(=O)O. The van der Waals surface area contributed by atoms with Crippen molar-refractivity contribution in [3.8, 4) is 0 Å². The highest BCUT2D eigenvalue weighted by Gasteiger charge is 2.57. The molecular formula is C17H24O4S. The summed E-state index contributed by atoms with van der Waals surface area (Å²) >= 11 is 4.13. The van der Waals surface area contributed by atoms with E-state index in [9.17, 15) is 19.8 Å². The average molecular weight is 324 g/mol. The second-order valence-corrected chi connectivity index (χ2v) is 6.93. The van der Waals surface area contributed by atoms with Gasteiger partial charge in [0.05, 0.1) is 5.92 Å². The van der Waals surface area contributed by atoms with Crippen LogP contribution in [0.3, 0.4) is 0 Å². The predicted octanol–water partition coefficient (Wildman–Crippen LogP) is 3.47. The Bertz CT molecular complexity index is 521. The first-order chi connectivity index (χ1) is 10.2. The Balaban J connectivity index is 3.62. The number of rotatable bonds is 7. The lowest BCUT2D eigenvalue weighted by molar-refractivity contribution is -0.163. The van der Waals surface area contributed by atoms with Gasteiger partial charge < -0.3 is 10.2 Å². The third kappa shape index (κ3) is 3.29. The summed E-state index contributed by atoms with van der Waals surface area (Å²) in [6.07, 6.45) is 0.829. The van der Waals surface area contributed by atoms with Gasteiger partial charge in [-0.25, -0.2) is 0 Å². The van der Waals surface area contributed by atoms with Crippen LogP contribution in [0.2, 0.25) is 0 Å². The maximum Gasteiger partial charge on any atom is 0.315 e. The standard InChI is InChI=1S/C17H24O4S/c1-16(2,3)17(15(20)21,12-8-5-4-6-9-12)13(14(18)19)10-7-11-22/h4-6,8-9,13,22H,7,10-11H2,1-3H3,(H,18,19)(H,20,21). The molecule has 1 aromatic rings. The van der Waals surface area contributed by atoms with Gasteiger partial charge in [0.1, 0.15) is 5.41 Å². The van der Waals surface area contributed by atoms with Gasteiger partial charge in [-0.3, -0.25) is 9.59 Å². The Morgan fingerprint density at radius 2 is 1.68 bits per heavy atom. The van der Waals surface area contributed by atoms with Crippen molar-refractivity contribution in [3.63, 3.8) is 0 Å². The number of carboxylic acid groups (broad SMARTS) is 2. The van der Waals surface area contributed by atoms with Gasteiger partial charge in [-0.2, -0.15) is 12.6 Å². The molecular weight excluding hydrogens is 300 g/mol. The molecule has 0 spiro atoms. The number of hydrogen-bond acceptors (Lipinski definition) is 3. The van der Waals surface area contributed by atoms with Crippen LogP contribution in [-0.2, 0) is 15.0 Å². The van der Waals surface area contributed by atoms with Gasteiger partial charge in [-0.05, 0) is 29.6 Å². The molecule has 2 unspecified atom stereocenters. The highest BCUT2D eigenvalue weighted by Crippen LogP contribution is 2.49. The Labute approximate surface area is 137 Å².